The predicted molar refractivity (Wildman–Crippen MR) is 129 cm³/mol. The van der Waals surface area contributed by atoms with Crippen molar-refractivity contribution in [3.63, 3.8) is 0 Å². The van der Waals surface area contributed by atoms with E-state index in [1.165, 1.54) is 16.4 Å². The standard InChI is InChI=1S/C25H26ClFN2O4S/c26-21-4-8-23(9-5-21)33-24-3-1-2-20(18-24)19-29(13-12-28-14-16-32-17-15-28)34(30,31)25-10-6-22(27)7-11-25/h1-11,18H,12-17,19H2. The van der Waals surface area contributed by atoms with Crippen molar-refractivity contribution in [3.05, 3.63) is 89.2 Å². The average molecular weight is 505 g/mol. The minimum absolute atomic E-state index is 0.0597. The lowest BCUT2D eigenvalue weighted by atomic mass is 10.2. The first-order chi connectivity index (χ1) is 16.4. The smallest absolute Gasteiger partial charge is 0.243 e. The Bertz CT molecular complexity index is 1180. The molecule has 0 aromatic heterocycles. The van der Waals surface area contributed by atoms with E-state index in [-0.39, 0.29) is 11.4 Å². The zero-order valence-corrected chi connectivity index (χ0v) is 20.1. The van der Waals surface area contributed by atoms with Crippen molar-refractivity contribution < 1.29 is 22.3 Å². The Morgan fingerprint density at radius 2 is 1.68 bits per heavy atom. The first-order valence-electron chi connectivity index (χ1n) is 11.0. The van der Waals surface area contributed by atoms with Crippen LogP contribution in [0, 0.1) is 5.82 Å². The highest BCUT2D eigenvalue weighted by atomic mass is 35.5. The summed E-state index contributed by atoms with van der Waals surface area (Å²) in [4.78, 5) is 2.24. The van der Waals surface area contributed by atoms with Gasteiger partial charge in [0, 0.05) is 37.7 Å². The second-order valence-electron chi connectivity index (χ2n) is 7.95. The predicted octanol–water partition coefficient (Wildman–Crippen LogP) is 4.79. The zero-order chi connectivity index (χ0) is 24.0. The monoisotopic (exact) mass is 504 g/mol. The van der Waals surface area contributed by atoms with E-state index < -0.39 is 15.8 Å². The third kappa shape index (κ3) is 6.55. The molecule has 0 aliphatic carbocycles. The van der Waals surface area contributed by atoms with Crippen LogP contribution in [0.15, 0.2) is 77.7 Å². The van der Waals surface area contributed by atoms with Gasteiger partial charge in [0.05, 0.1) is 18.1 Å². The second kappa shape index (κ2) is 11.3. The molecular weight excluding hydrogens is 479 g/mol. The van der Waals surface area contributed by atoms with Crippen LogP contribution in [-0.2, 0) is 21.3 Å². The summed E-state index contributed by atoms with van der Waals surface area (Å²) in [5.74, 6) is 0.739. The number of halogens is 2. The van der Waals surface area contributed by atoms with E-state index in [1.54, 1.807) is 24.3 Å². The molecule has 9 heteroatoms. The van der Waals surface area contributed by atoms with E-state index in [0.29, 0.717) is 42.8 Å². The van der Waals surface area contributed by atoms with E-state index in [9.17, 15) is 12.8 Å². The summed E-state index contributed by atoms with van der Waals surface area (Å²) in [6.07, 6.45) is 0. The number of benzene rings is 3. The fourth-order valence-electron chi connectivity index (χ4n) is 3.67. The maximum atomic E-state index is 13.4. The lowest BCUT2D eigenvalue weighted by Crippen LogP contribution is -2.42. The molecule has 180 valence electrons. The quantitative estimate of drug-likeness (QED) is 0.419. The molecular formula is C25H26ClFN2O4S. The maximum Gasteiger partial charge on any atom is 0.243 e. The molecule has 34 heavy (non-hydrogen) atoms. The average Bonchev–Trinajstić information content (AvgIpc) is 2.84. The zero-order valence-electron chi connectivity index (χ0n) is 18.6. The van der Waals surface area contributed by atoms with Crippen molar-refractivity contribution in [2.24, 2.45) is 0 Å². The van der Waals surface area contributed by atoms with Crippen LogP contribution in [0.5, 0.6) is 11.5 Å². The number of rotatable bonds is 9. The molecule has 1 aliphatic rings. The normalized spacial score (nSPS) is 14.9. The van der Waals surface area contributed by atoms with E-state index in [4.69, 9.17) is 21.1 Å². The van der Waals surface area contributed by atoms with Crippen molar-refractivity contribution in [2.45, 2.75) is 11.4 Å². The summed E-state index contributed by atoms with van der Waals surface area (Å²) in [7, 11) is -3.84. The van der Waals surface area contributed by atoms with E-state index in [2.05, 4.69) is 4.90 Å². The highest BCUT2D eigenvalue weighted by Gasteiger charge is 2.26. The van der Waals surface area contributed by atoms with Crippen molar-refractivity contribution in [3.8, 4) is 11.5 Å². The summed E-state index contributed by atoms with van der Waals surface area (Å²) in [5, 5.41) is 0.614. The highest BCUT2D eigenvalue weighted by molar-refractivity contribution is 7.89. The van der Waals surface area contributed by atoms with Gasteiger partial charge in [-0.2, -0.15) is 4.31 Å². The van der Waals surface area contributed by atoms with E-state index >= 15 is 0 Å². The lowest BCUT2D eigenvalue weighted by Gasteiger charge is -2.30. The van der Waals surface area contributed by atoms with E-state index in [0.717, 1.165) is 30.8 Å². The molecule has 4 rings (SSSR count). The van der Waals surface area contributed by atoms with Gasteiger partial charge in [0.1, 0.15) is 17.3 Å². The van der Waals surface area contributed by atoms with Gasteiger partial charge in [-0.1, -0.05) is 23.7 Å². The Morgan fingerprint density at radius 1 is 0.971 bits per heavy atom. The van der Waals surface area contributed by atoms with Crippen LogP contribution >= 0.6 is 11.6 Å². The first kappa shape index (κ1) is 24.6. The molecule has 0 atom stereocenters. The minimum Gasteiger partial charge on any atom is -0.457 e. The summed E-state index contributed by atoms with van der Waals surface area (Å²) in [6.45, 7) is 3.81. The van der Waals surface area contributed by atoms with Crippen molar-refractivity contribution in [2.75, 3.05) is 39.4 Å². The van der Waals surface area contributed by atoms with Crippen LogP contribution in [0.2, 0.25) is 5.02 Å². The lowest BCUT2D eigenvalue weighted by molar-refractivity contribution is 0.0361. The molecule has 0 amide bonds. The molecule has 0 spiro atoms. The van der Waals surface area contributed by atoms with Gasteiger partial charge in [0.2, 0.25) is 10.0 Å². The summed E-state index contributed by atoms with van der Waals surface area (Å²) >= 11 is 5.94. The van der Waals surface area contributed by atoms with Gasteiger partial charge >= 0.3 is 0 Å². The third-order valence-electron chi connectivity index (χ3n) is 5.53. The van der Waals surface area contributed by atoms with Crippen LogP contribution in [0.4, 0.5) is 4.39 Å². The number of hydrogen-bond donors (Lipinski definition) is 0. The number of nitrogens with zero attached hydrogens (tertiary/aromatic N) is 2. The highest BCUT2D eigenvalue weighted by Crippen LogP contribution is 2.25. The molecule has 3 aromatic carbocycles. The van der Waals surface area contributed by atoms with Crippen LogP contribution in [0.25, 0.3) is 0 Å². The molecule has 1 heterocycles. The summed E-state index contributed by atoms with van der Waals surface area (Å²) in [5.41, 5.74) is 0.777. The molecule has 3 aromatic rings. The topological polar surface area (TPSA) is 59.1 Å². The number of morpholine rings is 1. The van der Waals surface area contributed by atoms with Crippen molar-refractivity contribution in [1.82, 2.24) is 9.21 Å². The molecule has 0 bridgehead atoms. The van der Waals surface area contributed by atoms with Crippen molar-refractivity contribution in [1.29, 1.82) is 0 Å². The van der Waals surface area contributed by atoms with Crippen LogP contribution in [0.3, 0.4) is 0 Å². The van der Waals surface area contributed by atoms with Crippen molar-refractivity contribution >= 4 is 21.6 Å². The summed E-state index contributed by atoms with van der Waals surface area (Å²) in [6, 6.07) is 19.2. The van der Waals surface area contributed by atoms with Gasteiger partial charge in [0.15, 0.2) is 0 Å². The van der Waals surface area contributed by atoms with Crippen LogP contribution in [-0.4, -0.2) is 57.0 Å². The Kier molecular flexibility index (Phi) is 8.18. The Morgan fingerprint density at radius 3 is 2.38 bits per heavy atom. The van der Waals surface area contributed by atoms with Crippen LogP contribution in [0.1, 0.15) is 5.56 Å². The summed E-state index contributed by atoms with van der Waals surface area (Å²) < 4.78 is 53.0. The SMILES string of the molecule is O=S(=O)(c1ccc(F)cc1)N(CCN1CCOCC1)Cc1cccc(Oc2ccc(Cl)cc2)c1. The molecule has 0 N–H and O–H groups in total. The number of sulfonamides is 1. The molecule has 1 saturated heterocycles. The Labute approximate surface area is 204 Å². The molecule has 0 radical (unpaired) electrons. The van der Waals surface area contributed by atoms with Gasteiger partial charge in [-0.25, -0.2) is 12.8 Å². The molecule has 1 fully saturated rings. The Balaban J connectivity index is 1.54. The molecule has 6 nitrogen and oxygen atoms in total. The van der Waals surface area contributed by atoms with Gasteiger partial charge in [-0.05, 0) is 66.2 Å². The largest absolute Gasteiger partial charge is 0.457 e. The maximum absolute atomic E-state index is 13.4. The number of hydrogen-bond acceptors (Lipinski definition) is 5. The van der Waals surface area contributed by atoms with Gasteiger partial charge in [0.25, 0.3) is 0 Å². The van der Waals surface area contributed by atoms with Gasteiger partial charge in [-0.3, -0.25) is 4.90 Å². The molecule has 0 unspecified atom stereocenters. The fraction of sp³-hybridized carbons (Fsp3) is 0.280. The first-order valence-corrected chi connectivity index (χ1v) is 12.8. The Hall–Kier alpha value is -2.49. The molecule has 0 saturated carbocycles. The molecule has 1 aliphatic heterocycles. The number of ether oxygens (including phenoxy) is 2. The van der Waals surface area contributed by atoms with Gasteiger partial charge < -0.3 is 9.47 Å². The minimum atomic E-state index is -3.84. The van der Waals surface area contributed by atoms with Gasteiger partial charge in [-0.15, -0.1) is 0 Å². The van der Waals surface area contributed by atoms with Crippen LogP contribution < -0.4 is 4.74 Å². The van der Waals surface area contributed by atoms with E-state index in [1.807, 2.05) is 24.3 Å². The third-order valence-corrected chi connectivity index (χ3v) is 7.64. The fourth-order valence-corrected chi connectivity index (χ4v) is 5.21. The second-order valence-corrected chi connectivity index (χ2v) is 10.3.